The smallest absolute Gasteiger partial charge is 0.230 e. The summed E-state index contributed by atoms with van der Waals surface area (Å²) in [6.07, 6.45) is 8.95. The summed E-state index contributed by atoms with van der Waals surface area (Å²) < 4.78 is 11.2. The van der Waals surface area contributed by atoms with Crippen molar-refractivity contribution in [2.24, 2.45) is 0 Å². The van der Waals surface area contributed by atoms with Gasteiger partial charge in [0.2, 0.25) is 17.6 Å². The molecule has 1 N–H and O–H groups in total. The van der Waals surface area contributed by atoms with E-state index in [1.807, 2.05) is 0 Å². The molecular formula is C24H28N6O3. The number of carbonyl (C=O) groups is 1. The van der Waals surface area contributed by atoms with E-state index in [-0.39, 0.29) is 11.8 Å². The maximum absolute atomic E-state index is 12.4. The summed E-state index contributed by atoms with van der Waals surface area (Å²) in [7, 11) is 0. The van der Waals surface area contributed by atoms with Crippen molar-refractivity contribution in [2.75, 3.05) is 26.2 Å². The van der Waals surface area contributed by atoms with Gasteiger partial charge in [0.25, 0.3) is 0 Å². The molecule has 172 valence electrons. The number of nitrogens with one attached hydrogen (secondary N) is 1. The summed E-state index contributed by atoms with van der Waals surface area (Å²) in [6.45, 7) is 3.82. The SMILES string of the molecule is O=C1CCN(Cc2ccc3c(c2)CCO3)CCCC(c2nc(-c3cnccn3)no2)CCN1. The van der Waals surface area contributed by atoms with E-state index in [4.69, 9.17) is 9.26 Å². The Labute approximate surface area is 192 Å². The fourth-order valence-corrected chi connectivity index (χ4v) is 4.47. The number of aromatic nitrogens is 4. The van der Waals surface area contributed by atoms with Crippen LogP contribution < -0.4 is 10.1 Å². The number of hydrogen-bond donors (Lipinski definition) is 1. The summed E-state index contributed by atoms with van der Waals surface area (Å²) >= 11 is 0. The lowest BCUT2D eigenvalue weighted by Crippen LogP contribution is -2.31. The van der Waals surface area contributed by atoms with Gasteiger partial charge in [-0.3, -0.25) is 14.7 Å². The first-order chi connectivity index (χ1) is 16.2. The summed E-state index contributed by atoms with van der Waals surface area (Å²) in [6, 6.07) is 6.43. The lowest BCUT2D eigenvalue weighted by atomic mass is 9.99. The second kappa shape index (κ2) is 10.1. The fraction of sp³-hybridized carbons (Fsp3) is 0.458. The van der Waals surface area contributed by atoms with Crippen molar-refractivity contribution in [3.05, 3.63) is 53.8 Å². The second-order valence-corrected chi connectivity index (χ2v) is 8.59. The van der Waals surface area contributed by atoms with Gasteiger partial charge in [0.15, 0.2) is 0 Å². The molecule has 1 amide bonds. The van der Waals surface area contributed by atoms with Crippen molar-refractivity contribution in [1.29, 1.82) is 0 Å². The standard InChI is InChI=1S/C24H28N6O3/c31-22-6-12-30(16-17-3-4-21-19(14-17)7-13-32-21)11-1-2-18(5-8-27-22)24-28-23(29-33-24)20-15-25-9-10-26-20/h3-4,9-10,14-15,18H,1-2,5-8,11-13,16H2,(H,27,31). The minimum absolute atomic E-state index is 0.0776. The van der Waals surface area contributed by atoms with Gasteiger partial charge < -0.3 is 14.6 Å². The van der Waals surface area contributed by atoms with Crippen LogP contribution in [-0.2, 0) is 17.8 Å². The van der Waals surface area contributed by atoms with E-state index in [1.165, 1.54) is 11.1 Å². The van der Waals surface area contributed by atoms with Gasteiger partial charge >= 0.3 is 0 Å². The Hall–Kier alpha value is -3.33. The lowest BCUT2D eigenvalue weighted by Gasteiger charge is -2.22. The minimum Gasteiger partial charge on any atom is -0.493 e. The molecule has 33 heavy (non-hydrogen) atoms. The zero-order valence-corrected chi connectivity index (χ0v) is 18.6. The maximum Gasteiger partial charge on any atom is 0.230 e. The summed E-state index contributed by atoms with van der Waals surface area (Å²) in [4.78, 5) is 27.6. The van der Waals surface area contributed by atoms with E-state index in [0.717, 1.165) is 57.7 Å². The largest absolute Gasteiger partial charge is 0.493 e. The van der Waals surface area contributed by atoms with Crippen molar-refractivity contribution in [1.82, 2.24) is 30.3 Å². The van der Waals surface area contributed by atoms with E-state index in [9.17, 15) is 4.79 Å². The Morgan fingerprint density at radius 1 is 1.15 bits per heavy atom. The highest BCUT2D eigenvalue weighted by atomic mass is 16.5. The molecule has 5 rings (SSSR count). The van der Waals surface area contributed by atoms with E-state index in [2.05, 4.69) is 48.5 Å². The van der Waals surface area contributed by atoms with Crippen LogP contribution >= 0.6 is 0 Å². The lowest BCUT2D eigenvalue weighted by molar-refractivity contribution is -0.121. The normalized spacial score (nSPS) is 19.9. The topological polar surface area (TPSA) is 106 Å². The highest BCUT2D eigenvalue weighted by Gasteiger charge is 2.22. The number of ether oxygens (including phenoxy) is 1. The molecule has 2 aliphatic heterocycles. The van der Waals surface area contributed by atoms with Crippen molar-refractivity contribution in [2.45, 2.75) is 44.6 Å². The van der Waals surface area contributed by atoms with Crippen molar-refractivity contribution in [3.63, 3.8) is 0 Å². The third-order valence-corrected chi connectivity index (χ3v) is 6.24. The molecule has 0 bridgehead atoms. The predicted molar refractivity (Wildman–Crippen MR) is 120 cm³/mol. The molecule has 0 spiro atoms. The van der Waals surface area contributed by atoms with Crippen LogP contribution in [0.25, 0.3) is 11.5 Å². The summed E-state index contributed by atoms with van der Waals surface area (Å²) in [5, 5.41) is 7.14. The molecule has 0 saturated carbocycles. The molecule has 1 saturated heterocycles. The van der Waals surface area contributed by atoms with Gasteiger partial charge in [-0.15, -0.1) is 0 Å². The van der Waals surface area contributed by atoms with E-state index < -0.39 is 0 Å². The highest BCUT2D eigenvalue weighted by Crippen LogP contribution is 2.28. The minimum atomic E-state index is 0.0776. The molecule has 1 aromatic carbocycles. The first-order valence-corrected chi connectivity index (χ1v) is 11.6. The average molecular weight is 449 g/mol. The van der Waals surface area contributed by atoms with Crippen LogP contribution in [0.2, 0.25) is 0 Å². The van der Waals surface area contributed by atoms with Crippen LogP contribution in [0.15, 0.2) is 41.3 Å². The van der Waals surface area contributed by atoms with Crippen LogP contribution in [0.3, 0.4) is 0 Å². The van der Waals surface area contributed by atoms with Gasteiger partial charge in [0.1, 0.15) is 11.4 Å². The number of fused-ring (bicyclic) bond motifs is 1. The molecule has 2 aromatic heterocycles. The number of nitrogens with zero attached hydrogens (tertiary/aromatic N) is 5. The van der Waals surface area contributed by atoms with E-state index in [0.29, 0.717) is 30.4 Å². The maximum atomic E-state index is 12.4. The third kappa shape index (κ3) is 5.36. The number of hydrogen-bond acceptors (Lipinski definition) is 8. The molecule has 0 aliphatic carbocycles. The first-order valence-electron chi connectivity index (χ1n) is 11.6. The van der Waals surface area contributed by atoms with Crippen molar-refractivity contribution in [3.8, 4) is 17.3 Å². The van der Waals surface area contributed by atoms with Crippen molar-refractivity contribution >= 4 is 5.91 Å². The predicted octanol–water partition coefficient (Wildman–Crippen LogP) is 2.74. The average Bonchev–Trinajstić information content (AvgIpc) is 3.51. The quantitative estimate of drug-likeness (QED) is 0.649. The highest BCUT2D eigenvalue weighted by molar-refractivity contribution is 5.76. The van der Waals surface area contributed by atoms with E-state index in [1.54, 1.807) is 18.6 Å². The molecule has 2 aliphatic rings. The zero-order valence-electron chi connectivity index (χ0n) is 18.6. The first kappa shape index (κ1) is 21.5. The Bertz CT molecular complexity index is 1090. The van der Waals surface area contributed by atoms with Gasteiger partial charge in [-0.1, -0.05) is 17.3 Å². The van der Waals surface area contributed by atoms with E-state index >= 15 is 0 Å². The van der Waals surface area contributed by atoms with Crippen LogP contribution in [-0.4, -0.2) is 57.2 Å². The molecule has 4 heterocycles. The zero-order chi connectivity index (χ0) is 22.5. The Kier molecular flexibility index (Phi) is 6.57. The summed E-state index contributed by atoms with van der Waals surface area (Å²) in [5.41, 5.74) is 3.12. The van der Waals surface area contributed by atoms with Crippen LogP contribution in [0, 0.1) is 0 Å². The number of rotatable bonds is 4. The second-order valence-electron chi connectivity index (χ2n) is 8.59. The molecule has 9 nitrogen and oxygen atoms in total. The van der Waals surface area contributed by atoms with Gasteiger partial charge in [0.05, 0.1) is 12.8 Å². The number of carbonyl (C=O) groups excluding carboxylic acids is 1. The summed E-state index contributed by atoms with van der Waals surface area (Å²) in [5.74, 6) is 2.20. The Morgan fingerprint density at radius 3 is 3.03 bits per heavy atom. The third-order valence-electron chi connectivity index (χ3n) is 6.24. The van der Waals surface area contributed by atoms with Crippen LogP contribution in [0.1, 0.15) is 48.6 Å². The molecule has 1 atom stereocenters. The van der Waals surface area contributed by atoms with Crippen LogP contribution in [0.5, 0.6) is 5.75 Å². The molecule has 0 radical (unpaired) electrons. The van der Waals surface area contributed by atoms with Crippen molar-refractivity contribution < 1.29 is 14.1 Å². The van der Waals surface area contributed by atoms with Gasteiger partial charge in [-0.2, -0.15) is 4.98 Å². The molecule has 3 aromatic rings. The number of amides is 1. The molecule has 1 fully saturated rings. The Morgan fingerprint density at radius 2 is 2.12 bits per heavy atom. The van der Waals surface area contributed by atoms with Gasteiger partial charge in [0, 0.05) is 50.8 Å². The molecule has 9 heteroatoms. The monoisotopic (exact) mass is 448 g/mol. The van der Waals surface area contributed by atoms with Gasteiger partial charge in [-0.05, 0) is 43.0 Å². The van der Waals surface area contributed by atoms with Gasteiger partial charge in [-0.25, -0.2) is 4.98 Å². The fourth-order valence-electron chi connectivity index (χ4n) is 4.47. The molecular weight excluding hydrogens is 420 g/mol. The number of benzene rings is 1. The molecule has 1 unspecified atom stereocenters. The Balaban J connectivity index is 1.26. The van der Waals surface area contributed by atoms with Crippen LogP contribution in [0.4, 0.5) is 0 Å².